The van der Waals surface area contributed by atoms with Crippen LogP contribution in [-0.4, -0.2) is 29.7 Å². The first-order valence-electron chi connectivity index (χ1n) is 9.35. The van der Waals surface area contributed by atoms with E-state index in [2.05, 4.69) is 15.3 Å². The van der Waals surface area contributed by atoms with E-state index in [1.165, 1.54) is 6.33 Å². The van der Waals surface area contributed by atoms with Gasteiger partial charge in [0.15, 0.2) is 0 Å². The summed E-state index contributed by atoms with van der Waals surface area (Å²) in [5.74, 6) is 2.83. The molecule has 5 heteroatoms. The Morgan fingerprint density at radius 2 is 1.67 bits per heavy atom. The highest BCUT2D eigenvalue weighted by Gasteiger charge is 2.15. The number of nitrogens with zero attached hydrogens (tertiary/aromatic N) is 2. The first kappa shape index (κ1) is 17.5. The van der Waals surface area contributed by atoms with Crippen molar-refractivity contribution in [1.82, 2.24) is 15.3 Å². The lowest BCUT2D eigenvalue weighted by molar-refractivity contribution is 0.209. The van der Waals surface area contributed by atoms with Crippen molar-refractivity contribution in [2.45, 2.75) is 12.8 Å². The van der Waals surface area contributed by atoms with Gasteiger partial charge in [0, 0.05) is 6.20 Å². The second kappa shape index (κ2) is 8.64. The Morgan fingerprint density at radius 3 is 2.44 bits per heavy atom. The van der Waals surface area contributed by atoms with Gasteiger partial charge in [0.25, 0.3) is 0 Å². The van der Waals surface area contributed by atoms with Gasteiger partial charge in [-0.25, -0.2) is 9.97 Å². The molecule has 0 amide bonds. The van der Waals surface area contributed by atoms with Crippen molar-refractivity contribution in [2.75, 3.05) is 19.7 Å². The maximum absolute atomic E-state index is 6.05. The number of hydrogen-bond acceptors (Lipinski definition) is 5. The Kier molecular flexibility index (Phi) is 5.60. The third-order valence-corrected chi connectivity index (χ3v) is 4.73. The fraction of sp³-hybridized carbons (Fsp3) is 0.273. The van der Waals surface area contributed by atoms with Crippen LogP contribution in [0.1, 0.15) is 12.8 Å². The van der Waals surface area contributed by atoms with E-state index in [0.717, 1.165) is 48.6 Å². The van der Waals surface area contributed by atoms with Crippen molar-refractivity contribution in [2.24, 2.45) is 5.92 Å². The fourth-order valence-electron chi connectivity index (χ4n) is 3.20. The summed E-state index contributed by atoms with van der Waals surface area (Å²) >= 11 is 0. The van der Waals surface area contributed by atoms with Gasteiger partial charge in [-0.05, 0) is 61.7 Å². The maximum Gasteiger partial charge on any atom is 0.224 e. The molecular formula is C22H23N3O2. The Bertz CT molecular complexity index is 847. The van der Waals surface area contributed by atoms with Gasteiger partial charge in [-0.15, -0.1) is 0 Å². The van der Waals surface area contributed by atoms with Crippen molar-refractivity contribution in [3.05, 3.63) is 67.1 Å². The summed E-state index contributed by atoms with van der Waals surface area (Å²) in [6.07, 6.45) is 5.63. The van der Waals surface area contributed by atoms with Crippen LogP contribution in [0.25, 0.3) is 11.1 Å². The fourth-order valence-corrected chi connectivity index (χ4v) is 3.20. The molecule has 1 fully saturated rings. The number of nitrogens with one attached hydrogen (secondary N) is 1. The zero-order valence-corrected chi connectivity index (χ0v) is 15.2. The molecule has 1 aliphatic rings. The minimum absolute atomic E-state index is 0.579. The van der Waals surface area contributed by atoms with Crippen molar-refractivity contribution in [1.29, 1.82) is 0 Å². The Hall–Kier alpha value is -2.92. The third kappa shape index (κ3) is 4.63. The lowest BCUT2D eigenvalue weighted by Gasteiger charge is -2.22. The highest BCUT2D eigenvalue weighted by molar-refractivity contribution is 5.68. The zero-order chi connectivity index (χ0) is 18.3. The Labute approximate surface area is 159 Å². The first-order valence-corrected chi connectivity index (χ1v) is 9.35. The predicted molar refractivity (Wildman–Crippen MR) is 105 cm³/mol. The van der Waals surface area contributed by atoms with Crippen LogP contribution >= 0.6 is 0 Å². The maximum atomic E-state index is 6.05. The van der Waals surface area contributed by atoms with Crippen LogP contribution < -0.4 is 14.8 Å². The molecule has 0 spiro atoms. The molecule has 0 atom stereocenters. The molecule has 5 nitrogen and oxygen atoms in total. The predicted octanol–water partition coefficient (Wildman–Crippen LogP) is 4.31. The summed E-state index contributed by atoms with van der Waals surface area (Å²) in [5.41, 5.74) is 1.91. The summed E-state index contributed by atoms with van der Waals surface area (Å²) in [7, 11) is 0. The molecule has 0 saturated carbocycles. The highest BCUT2D eigenvalue weighted by Crippen LogP contribution is 2.30. The second-order valence-corrected chi connectivity index (χ2v) is 6.69. The lowest BCUT2D eigenvalue weighted by Crippen LogP contribution is -2.30. The van der Waals surface area contributed by atoms with Crippen molar-refractivity contribution >= 4 is 0 Å². The molecule has 0 aliphatic carbocycles. The van der Waals surface area contributed by atoms with Gasteiger partial charge in [0.05, 0.1) is 12.2 Å². The van der Waals surface area contributed by atoms with Crippen LogP contribution in [0.3, 0.4) is 0 Å². The Balaban J connectivity index is 1.46. The molecule has 0 bridgehead atoms. The standard InChI is InChI=1S/C22H23N3O2/c1-2-4-19(5-3-1)27-20-8-6-18(7-9-20)21-14-24-16-25-22(21)26-15-17-10-12-23-13-11-17/h1-9,14,16-17,23H,10-13,15H2. The second-order valence-electron chi connectivity index (χ2n) is 6.69. The largest absolute Gasteiger partial charge is 0.477 e. The minimum atomic E-state index is 0.579. The molecular weight excluding hydrogens is 338 g/mol. The van der Waals surface area contributed by atoms with Crippen LogP contribution in [0.15, 0.2) is 67.1 Å². The molecule has 2 aromatic carbocycles. The van der Waals surface area contributed by atoms with Crippen LogP contribution in [0.2, 0.25) is 0 Å². The first-order chi connectivity index (χ1) is 13.4. The topological polar surface area (TPSA) is 56.3 Å². The van der Waals surface area contributed by atoms with E-state index in [0.29, 0.717) is 18.4 Å². The van der Waals surface area contributed by atoms with Crippen molar-refractivity contribution < 1.29 is 9.47 Å². The molecule has 2 heterocycles. The monoisotopic (exact) mass is 361 g/mol. The summed E-state index contributed by atoms with van der Waals surface area (Å²) in [4.78, 5) is 8.52. The number of hydrogen-bond donors (Lipinski definition) is 1. The molecule has 1 N–H and O–H groups in total. The average molecular weight is 361 g/mol. The van der Waals surface area contributed by atoms with Crippen molar-refractivity contribution in [3.63, 3.8) is 0 Å². The molecule has 27 heavy (non-hydrogen) atoms. The van der Waals surface area contributed by atoms with E-state index in [9.17, 15) is 0 Å². The van der Waals surface area contributed by atoms with Crippen LogP contribution in [0, 0.1) is 5.92 Å². The quantitative estimate of drug-likeness (QED) is 0.709. The van der Waals surface area contributed by atoms with E-state index in [1.54, 1.807) is 6.20 Å². The van der Waals surface area contributed by atoms with Crippen LogP contribution in [-0.2, 0) is 0 Å². The highest BCUT2D eigenvalue weighted by atomic mass is 16.5. The lowest BCUT2D eigenvalue weighted by atomic mass is 9.99. The molecule has 0 unspecified atom stereocenters. The molecule has 3 aromatic rings. The molecule has 138 valence electrons. The number of ether oxygens (including phenoxy) is 2. The van der Waals surface area contributed by atoms with E-state index >= 15 is 0 Å². The molecule has 0 radical (unpaired) electrons. The van der Waals surface area contributed by atoms with Crippen molar-refractivity contribution in [3.8, 4) is 28.5 Å². The van der Waals surface area contributed by atoms with E-state index < -0.39 is 0 Å². The summed E-state index contributed by atoms with van der Waals surface area (Å²) in [6.45, 7) is 2.82. The average Bonchev–Trinajstić information content (AvgIpc) is 2.75. The van der Waals surface area contributed by atoms with Crippen LogP contribution in [0.5, 0.6) is 17.4 Å². The number of para-hydroxylation sites is 1. The third-order valence-electron chi connectivity index (χ3n) is 4.73. The normalized spacial score (nSPS) is 14.7. The summed E-state index contributed by atoms with van der Waals surface area (Å²) in [5, 5.41) is 3.38. The van der Waals surface area contributed by atoms with E-state index in [4.69, 9.17) is 9.47 Å². The van der Waals surface area contributed by atoms with E-state index in [1.807, 2.05) is 54.6 Å². The van der Waals surface area contributed by atoms with Gasteiger partial charge >= 0.3 is 0 Å². The molecule has 1 saturated heterocycles. The molecule has 1 aliphatic heterocycles. The van der Waals surface area contributed by atoms with Gasteiger partial charge in [-0.3, -0.25) is 0 Å². The smallest absolute Gasteiger partial charge is 0.224 e. The summed E-state index contributed by atoms with van der Waals surface area (Å²) in [6, 6.07) is 17.7. The van der Waals surface area contributed by atoms with Gasteiger partial charge in [0.2, 0.25) is 5.88 Å². The van der Waals surface area contributed by atoms with Gasteiger partial charge in [0.1, 0.15) is 17.8 Å². The van der Waals surface area contributed by atoms with Gasteiger partial charge < -0.3 is 14.8 Å². The number of piperidine rings is 1. The van der Waals surface area contributed by atoms with Crippen LogP contribution in [0.4, 0.5) is 0 Å². The summed E-state index contributed by atoms with van der Waals surface area (Å²) < 4.78 is 11.9. The van der Waals surface area contributed by atoms with E-state index in [-0.39, 0.29) is 0 Å². The molecule has 4 rings (SSSR count). The molecule has 1 aromatic heterocycles. The number of aromatic nitrogens is 2. The number of rotatable bonds is 6. The minimum Gasteiger partial charge on any atom is -0.477 e. The SMILES string of the molecule is c1ccc(Oc2ccc(-c3cncnc3OCC3CCNCC3)cc2)cc1. The van der Waals surface area contributed by atoms with Gasteiger partial charge in [-0.2, -0.15) is 0 Å². The number of benzene rings is 2. The zero-order valence-electron chi connectivity index (χ0n) is 15.2. The van der Waals surface area contributed by atoms with Gasteiger partial charge in [-0.1, -0.05) is 30.3 Å². The Morgan fingerprint density at radius 1 is 0.926 bits per heavy atom.